The smallest absolute Gasteiger partial charge is 0.462 e. The summed E-state index contributed by atoms with van der Waals surface area (Å²) in [5.74, 6) is 1.12. The molecule has 654 valence electrons. The number of esters is 4. The van der Waals surface area contributed by atoms with E-state index in [1.54, 1.807) is 0 Å². The average molecular weight is 1610 g/mol. The summed E-state index contributed by atoms with van der Waals surface area (Å²) in [5.41, 5.74) is 0. The normalized spacial score (nSPS) is 14.3. The zero-order valence-electron chi connectivity index (χ0n) is 72.9. The van der Waals surface area contributed by atoms with Gasteiger partial charge in [-0.15, -0.1) is 0 Å². The number of rotatable bonds is 88. The highest BCUT2D eigenvalue weighted by Crippen LogP contribution is 2.45. The Bertz CT molecular complexity index is 2130. The van der Waals surface area contributed by atoms with Crippen molar-refractivity contribution in [2.75, 3.05) is 39.6 Å². The third-order valence-electron chi connectivity index (χ3n) is 22.0. The summed E-state index contributed by atoms with van der Waals surface area (Å²) in [6.07, 6.45) is 71.0. The van der Waals surface area contributed by atoms with Crippen LogP contribution in [-0.4, -0.2) is 96.7 Å². The minimum absolute atomic E-state index is 0.107. The highest BCUT2D eigenvalue weighted by Gasteiger charge is 2.31. The van der Waals surface area contributed by atoms with Gasteiger partial charge in [-0.25, -0.2) is 9.13 Å². The fraction of sp³-hybridized carbons (Fsp3) is 0.956. The standard InChI is InChI=1S/C91H178O17P2/c1-9-83(7)69-61-53-44-38-32-26-19-15-11-13-17-21-29-35-41-47-57-65-73-90(95)107-86(77-101-88(93)71-63-55-46-40-34-28-24-23-25-31-37-43-51-59-67-81(3)4)79-105-109(97,98)103-75-85(92)76-104-110(99,100)106-80-87(78-102-89(94)72-64-56-50-49-52-60-68-82(5)6)108-91(96)74-66-58-48-42-36-30-22-18-14-12-16-20-27-33-39-45-54-62-70-84(8)10-2/h81-87,92H,9-80H2,1-8H3,(H,97,98)(H,99,100)/t83?,84?,85-,86-,87-/m1/s1. The molecule has 0 bridgehead atoms. The van der Waals surface area contributed by atoms with Crippen molar-refractivity contribution in [3.8, 4) is 0 Å². The summed E-state index contributed by atoms with van der Waals surface area (Å²) in [6.45, 7) is 14.4. The zero-order chi connectivity index (χ0) is 80.9. The summed E-state index contributed by atoms with van der Waals surface area (Å²) in [5, 5.41) is 10.7. The van der Waals surface area contributed by atoms with E-state index >= 15 is 0 Å². The van der Waals surface area contributed by atoms with Crippen LogP contribution in [0.25, 0.3) is 0 Å². The predicted octanol–water partition coefficient (Wildman–Crippen LogP) is 27.9. The van der Waals surface area contributed by atoms with Crippen molar-refractivity contribution in [3.63, 3.8) is 0 Å². The maximum absolute atomic E-state index is 13.2. The van der Waals surface area contributed by atoms with Gasteiger partial charge < -0.3 is 33.8 Å². The topological polar surface area (TPSA) is 237 Å². The van der Waals surface area contributed by atoms with Crippen molar-refractivity contribution in [1.82, 2.24) is 0 Å². The van der Waals surface area contributed by atoms with Crippen molar-refractivity contribution in [1.29, 1.82) is 0 Å². The van der Waals surface area contributed by atoms with Crippen molar-refractivity contribution < 1.29 is 80.2 Å². The Morgan fingerprint density at radius 3 is 0.645 bits per heavy atom. The van der Waals surface area contributed by atoms with E-state index in [1.807, 2.05) is 0 Å². The number of unbranched alkanes of at least 4 members (excludes halogenated alkanes) is 52. The third kappa shape index (κ3) is 81.2. The van der Waals surface area contributed by atoms with Crippen molar-refractivity contribution in [2.24, 2.45) is 23.7 Å². The minimum Gasteiger partial charge on any atom is -0.462 e. The molecule has 0 spiro atoms. The van der Waals surface area contributed by atoms with Crippen molar-refractivity contribution in [3.05, 3.63) is 0 Å². The molecular formula is C91H178O17P2. The van der Waals surface area contributed by atoms with E-state index in [9.17, 15) is 43.2 Å². The largest absolute Gasteiger partial charge is 0.472 e. The van der Waals surface area contributed by atoms with Crippen molar-refractivity contribution in [2.45, 2.75) is 497 Å². The van der Waals surface area contributed by atoms with Crippen LogP contribution in [0, 0.1) is 23.7 Å². The number of phosphoric acid groups is 2. The molecule has 0 fully saturated rings. The van der Waals surface area contributed by atoms with Gasteiger partial charge in [0.2, 0.25) is 0 Å². The highest BCUT2D eigenvalue weighted by molar-refractivity contribution is 7.47. The number of phosphoric ester groups is 2. The van der Waals surface area contributed by atoms with Gasteiger partial charge in [-0.05, 0) is 49.4 Å². The Kier molecular flexibility index (Phi) is 78.1. The van der Waals surface area contributed by atoms with Crippen molar-refractivity contribution >= 4 is 39.5 Å². The zero-order valence-corrected chi connectivity index (χ0v) is 74.7. The molecule has 110 heavy (non-hydrogen) atoms. The molecule has 0 rings (SSSR count). The SMILES string of the molecule is CCC(C)CCCCCCCCCCCCCCCCCCCCC(=O)O[C@H](COC(=O)CCCCCCCCCCCCCCCCC(C)C)COP(=O)(O)OC[C@@H](O)COP(=O)(O)OC[C@@H](COC(=O)CCCCCCCCC(C)C)OC(=O)CCCCCCCCCCCCCCCCCCCCC(C)CC. The van der Waals surface area contributed by atoms with Gasteiger partial charge in [0.05, 0.1) is 26.4 Å². The quantitative estimate of drug-likeness (QED) is 0.0222. The second-order valence-corrected chi connectivity index (χ2v) is 37.0. The molecule has 17 nitrogen and oxygen atoms in total. The molecule has 0 heterocycles. The minimum atomic E-state index is -4.97. The Hall–Kier alpha value is -1.94. The van der Waals surface area contributed by atoms with E-state index in [0.717, 1.165) is 114 Å². The molecule has 0 saturated carbocycles. The number of hydrogen-bond acceptors (Lipinski definition) is 15. The lowest BCUT2D eigenvalue weighted by Gasteiger charge is -2.21. The van der Waals surface area contributed by atoms with Gasteiger partial charge in [0.1, 0.15) is 19.3 Å². The van der Waals surface area contributed by atoms with Crippen LogP contribution in [0.1, 0.15) is 479 Å². The second kappa shape index (κ2) is 79.5. The molecule has 0 amide bonds. The molecule has 4 unspecified atom stereocenters. The van der Waals surface area contributed by atoms with Gasteiger partial charge in [-0.2, -0.15) is 0 Å². The Morgan fingerprint density at radius 1 is 0.255 bits per heavy atom. The fourth-order valence-corrected chi connectivity index (χ4v) is 15.7. The molecule has 7 atom stereocenters. The molecule has 19 heteroatoms. The number of ether oxygens (including phenoxy) is 4. The first-order valence-electron chi connectivity index (χ1n) is 46.8. The first-order valence-corrected chi connectivity index (χ1v) is 49.8. The number of carbonyl (C=O) groups excluding carboxylic acids is 4. The van der Waals surface area contributed by atoms with Gasteiger partial charge in [-0.3, -0.25) is 37.3 Å². The van der Waals surface area contributed by atoms with Gasteiger partial charge in [0.25, 0.3) is 0 Å². The van der Waals surface area contributed by atoms with Crippen LogP contribution in [0.3, 0.4) is 0 Å². The summed E-state index contributed by atoms with van der Waals surface area (Å²) >= 11 is 0. The Morgan fingerprint density at radius 2 is 0.436 bits per heavy atom. The molecule has 0 radical (unpaired) electrons. The first-order chi connectivity index (χ1) is 53.2. The maximum atomic E-state index is 13.2. The molecule has 3 N–H and O–H groups in total. The molecule has 0 aliphatic heterocycles. The van der Waals surface area contributed by atoms with Gasteiger partial charge in [0.15, 0.2) is 12.2 Å². The maximum Gasteiger partial charge on any atom is 0.472 e. The van der Waals surface area contributed by atoms with Gasteiger partial charge >= 0.3 is 39.5 Å². The Balaban J connectivity index is 5.18. The summed E-state index contributed by atoms with van der Waals surface area (Å²) in [6, 6.07) is 0. The molecule has 0 aromatic carbocycles. The van der Waals surface area contributed by atoms with Crippen LogP contribution in [-0.2, 0) is 65.4 Å². The second-order valence-electron chi connectivity index (χ2n) is 34.1. The molecular weight excluding hydrogens is 1430 g/mol. The number of aliphatic hydroxyl groups is 1. The van der Waals surface area contributed by atoms with Crippen LogP contribution >= 0.6 is 15.6 Å². The molecule has 0 aliphatic rings. The number of aliphatic hydroxyl groups excluding tert-OH is 1. The summed E-state index contributed by atoms with van der Waals surface area (Å²) in [4.78, 5) is 73.3. The Labute approximate surface area is 677 Å². The molecule has 0 aliphatic carbocycles. The highest BCUT2D eigenvalue weighted by atomic mass is 31.2. The molecule has 0 aromatic rings. The van der Waals surface area contributed by atoms with Crippen LogP contribution in [0.2, 0.25) is 0 Å². The fourth-order valence-electron chi connectivity index (χ4n) is 14.1. The van der Waals surface area contributed by atoms with E-state index in [1.165, 1.54) is 276 Å². The lowest BCUT2D eigenvalue weighted by molar-refractivity contribution is -0.161. The average Bonchev–Trinajstić information content (AvgIpc) is 0.898. The van der Waals surface area contributed by atoms with E-state index in [-0.39, 0.29) is 25.7 Å². The number of hydrogen-bond donors (Lipinski definition) is 3. The van der Waals surface area contributed by atoms with E-state index in [4.69, 9.17) is 37.0 Å². The predicted molar refractivity (Wildman–Crippen MR) is 455 cm³/mol. The lowest BCUT2D eigenvalue weighted by atomic mass is 9.99. The van der Waals surface area contributed by atoms with E-state index in [0.29, 0.717) is 31.6 Å². The first kappa shape index (κ1) is 108. The van der Waals surface area contributed by atoms with Crippen LogP contribution in [0.15, 0.2) is 0 Å². The molecule has 0 aromatic heterocycles. The molecule has 0 saturated heterocycles. The monoisotopic (exact) mass is 1610 g/mol. The number of carbonyl (C=O) groups is 4. The van der Waals surface area contributed by atoms with Gasteiger partial charge in [0, 0.05) is 25.7 Å². The summed E-state index contributed by atoms with van der Waals surface area (Å²) in [7, 11) is -9.94. The van der Waals surface area contributed by atoms with Gasteiger partial charge in [-0.1, -0.05) is 428 Å². The lowest BCUT2D eigenvalue weighted by Crippen LogP contribution is -2.30. The van der Waals surface area contributed by atoms with Crippen LogP contribution < -0.4 is 0 Å². The van der Waals surface area contributed by atoms with Crippen LogP contribution in [0.4, 0.5) is 0 Å². The van der Waals surface area contributed by atoms with E-state index < -0.39 is 97.5 Å². The van der Waals surface area contributed by atoms with E-state index in [2.05, 4.69) is 55.4 Å². The third-order valence-corrected chi connectivity index (χ3v) is 23.9. The summed E-state index contributed by atoms with van der Waals surface area (Å²) < 4.78 is 69.0. The van der Waals surface area contributed by atoms with Crippen LogP contribution in [0.5, 0.6) is 0 Å².